The fourth-order valence-corrected chi connectivity index (χ4v) is 2.92. The number of amides is 1. The Balaban J connectivity index is 1.69. The van der Waals surface area contributed by atoms with E-state index in [2.05, 4.69) is 29.4 Å². The number of H-pyrrole nitrogens is 1. The fraction of sp³-hybridized carbons (Fsp3) is 0.167. The first-order chi connectivity index (χ1) is 10.7. The van der Waals surface area contributed by atoms with Crippen LogP contribution in [0.3, 0.4) is 0 Å². The second kappa shape index (κ2) is 6.24. The molecule has 0 radical (unpaired) electrons. The van der Waals surface area contributed by atoms with Crippen LogP contribution < -0.4 is 5.32 Å². The molecule has 3 aromatic rings. The fourth-order valence-electron chi connectivity index (χ4n) is 2.70. The third kappa shape index (κ3) is 2.85. The summed E-state index contributed by atoms with van der Waals surface area (Å²) in [6.45, 7) is 2.64. The van der Waals surface area contributed by atoms with Crippen LogP contribution >= 0.6 is 11.6 Å². The molecule has 1 aromatic heterocycles. The Hall–Kier alpha value is -2.26. The number of halogens is 1. The second-order valence-corrected chi connectivity index (χ2v) is 5.67. The van der Waals surface area contributed by atoms with E-state index in [1.807, 2.05) is 24.3 Å². The number of nitrogens with one attached hydrogen (secondary N) is 2. The number of carbonyl (C=O) groups excluding carboxylic acids is 1. The van der Waals surface area contributed by atoms with Gasteiger partial charge in [-0.25, -0.2) is 0 Å². The zero-order valence-corrected chi connectivity index (χ0v) is 13.1. The Kier molecular flexibility index (Phi) is 4.16. The van der Waals surface area contributed by atoms with Crippen LogP contribution in [0.2, 0.25) is 5.02 Å². The second-order valence-electron chi connectivity index (χ2n) is 5.26. The van der Waals surface area contributed by atoms with Crippen LogP contribution in [-0.4, -0.2) is 17.4 Å². The molecule has 0 unspecified atom stereocenters. The molecule has 112 valence electrons. The minimum Gasteiger partial charge on any atom is -0.358 e. The van der Waals surface area contributed by atoms with Crippen molar-refractivity contribution in [3.8, 4) is 0 Å². The number of carbonyl (C=O) groups is 1. The molecule has 0 saturated heterocycles. The number of aryl methyl sites for hydroxylation is 1. The lowest BCUT2D eigenvalue weighted by atomic mass is 10.1. The van der Waals surface area contributed by atoms with Crippen LogP contribution in [0.5, 0.6) is 0 Å². The van der Waals surface area contributed by atoms with Gasteiger partial charge in [0.25, 0.3) is 5.91 Å². The summed E-state index contributed by atoms with van der Waals surface area (Å²) in [5, 5.41) is 4.62. The van der Waals surface area contributed by atoms with Crippen LogP contribution in [0.4, 0.5) is 0 Å². The first-order valence-electron chi connectivity index (χ1n) is 7.25. The summed E-state index contributed by atoms with van der Waals surface area (Å²) in [4.78, 5) is 15.5. The van der Waals surface area contributed by atoms with E-state index in [0.29, 0.717) is 17.1 Å². The lowest BCUT2D eigenvalue weighted by molar-refractivity contribution is 0.0954. The van der Waals surface area contributed by atoms with Gasteiger partial charge in [0.15, 0.2) is 0 Å². The van der Waals surface area contributed by atoms with Gasteiger partial charge >= 0.3 is 0 Å². The number of aromatic nitrogens is 1. The highest BCUT2D eigenvalue weighted by Crippen LogP contribution is 2.22. The van der Waals surface area contributed by atoms with E-state index < -0.39 is 0 Å². The molecule has 1 heterocycles. The summed E-state index contributed by atoms with van der Waals surface area (Å²) in [7, 11) is 0. The maximum atomic E-state index is 12.1. The molecule has 1 amide bonds. The van der Waals surface area contributed by atoms with Gasteiger partial charge in [0.1, 0.15) is 0 Å². The van der Waals surface area contributed by atoms with Gasteiger partial charge in [-0.05, 0) is 37.1 Å². The molecule has 0 spiro atoms. The molecule has 4 heteroatoms. The van der Waals surface area contributed by atoms with Gasteiger partial charge in [-0.3, -0.25) is 4.79 Å². The molecule has 3 nitrogen and oxygen atoms in total. The summed E-state index contributed by atoms with van der Waals surface area (Å²) < 4.78 is 0. The van der Waals surface area contributed by atoms with Gasteiger partial charge in [0.05, 0.1) is 10.6 Å². The summed E-state index contributed by atoms with van der Waals surface area (Å²) in [5.41, 5.74) is 4.04. The van der Waals surface area contributed by atoms with E-state index in [4.69, 9.17) is 11.6 Å². The normalized spacial score (nSPS) is 10.8. The summed E-state index contributed by atoms with van der Waals surface area (Å²) in [6.07, 6.45) is 0.784. The van der Waals surface area contributed by atoms with E-state index in [1.54, 1.807) is 12.1 Å². The van der Waals surface area contributed by atoms with Crippen molar-refractivity contribution in [2.75, 3.05) is 6.54 Å². The third-order valence-electron chi connectivity index (χ3n) is 3.81. The lowest BCUT2D eigenvalue weighted by Gasteiger charge is -2.07. The average molecular weight is 313 g/mol. The Bertz CT molecular complexity index is 823. The topological polar surface area (TPSA) is 44.9 Å². The Morgan fingerprint density at radius 2 is 1.86 bits per heavy atom. The summed E-state index contributed by atoms with van der Waals surface area (Å²) in [5.74, 6) is -0.136. The molecule has 0 bridgehead atoms. The zero-order valence-electron chi connectivity index (χ0n) is 12.3. The number of rotatable bonds is 4. The predicted octanol–water partition coefficient (Wildman–Crippen LogP) is 4.10. The van der Waals surface area contributed by atoms with Crippen molar-refractivity contribution < 1.29 is 4.79 Å². The van der Waals surface area contributed by atoms with Crippen molar-refractivity contribution in [2.45, 2.75) is 13.3 Å². The van der Waals surface area contributed by atoms with Gasteiger partial charge in [-0.15, -0.1) is 0 Å². The monoisotopic (exact) mass is 312 g/mol. The molecule has 0 fully saturated rings. The molecule has 0 aliphatic heterocycles. The molecule has 2 N–H and O–H groups in total. The number of hydrogen-bond donors (Lipinski definition) is 2. The van der Waals surface area contributed by atoms with Crippen molar-refractivity contribution in [1.82, 2.24) is 10.3 Å². The molecular formula is C18H17ClN2O. The standard InChI is InChI=1S/C18H17ClN2O/c1-12-13(14-6-3-5-9-17(14)21-12)10-11-20-18(22)15-7-2-4-8-16(15)19/h2-9,21H,10-11H2,1H3,(H,20,22). The summed E-state index contributed by atoms with van der Waals surface area (Å²) in [6, 6.07) is 15.3. The molecule has 22 heavy (non-hydrogen) atoms. The van der Waals surface area contributed by atoms with Crippen LogP contribution in [0.1, 0.15) is 21.6 Å². The van der Waals surface area contributed by atoms with E-state index in [9.17, 15) is 4.79 Å². The maximum Gasteiger partial charge on any atom is 0.252 e. The van der Waals surface area contributed by atoms with Crippen LogP contribution in [0, 0.1) is 6.92 Å². The van der Waals surface area contributed by atoms with E-state index in [0.717, 1.165) is 17.6 Å². The quantitative estimate of drug-likeness (QED) is 0.748. The average Bonchev–Trinajstić information content (AvgIpc) is 2.83. The maximum absolute atomic E-state index is 12.1. The van der Waals surface area contributed by atoms with Gasteiger partial charge in [0.2, 0.25) is 0 Å². The highest BCUT2D eigenvalue weighted by Gasteiger charge is 2.11. The number of para-hydroxylation sites is 1. The predicted molar refractivity (Wildman–Crippen MR) is 90.5 cm³/mol. The molecule has 0 aliphatic carbocycles. The van der Waals surface area contributed by atoms with E-state index in [-0.39, 0.29) is 5.91 Å². The van der Waals surface area contributed by atoms with E-state index in [1.165, 1.54) is 10.9 Å². The van der Waals surface area contributed by atoms with Crippen molar-refractivity contribution >= 4 is 28.4 Å². The van der Waals surface area contributed by atoms with Gasteiger partial charge in [0, 0.05) is 23.1 Å². The van der Waals surface area contributed by atoms with Gasteiger partial charge in [-0.2, -0.15) is 0 Å². The number of fused-ring (bicyclic) bond motifs is 1. The Labute approximate surface area is 134 Å². The van der Waals surface area contributed by atoms with Crippen molar-refractivity contribution in [3.05, 3.63) is 70.4 Å². The first-order valence-corrected chi connectivity index (χ1v) is 7.63. The number of aromatic amines is 1. The minimum atomic E-state index is -0.136. The molecule has 0 aliphatic rings. The Morgan fingerprint density at radius 1 is 1.14 bits per heavy atom. The van der Waals surface area contributed by atoms with Crippen LogP contribution in [0.15, 0.2) is 48.5 Å². The van der Waals surface area contributed by atoms with Crippen molar-refractivity contribution in [1.29, 1.82) is 0 Å². The lowest BCUT2D eigenvalue weighted by Crippen LogP contribution is -2.26. The largest absolute Gasteiger partial charge is 0.358 e. The van der Waals surface area contributed by atoms with Crippen molar-refractivity contribution in [2.24, 2.45) is 0 Å². The Morgan fingerprint density at radius 3 is 2.68 bits per heavy atom. The smallest absolute Gasteiger partial charge is 0.252 e. The first kappa shape index (κ1) is 14.7. The molecule has 0 atom stereocenters. The SMILES string of the molecule is Cc1[nH]c2ccccc2c1CCNC(=O)c1ccccc1Cl. The molecular weight excluding hydrogens is 296 g/mol. The highest BCUT2D eigenvalue weighted by atomic mass is 35.5. The van der Waals surface area contributed by atoms with Crippen LogP contribution in [0.25, 0.3) is 10.9 Å². The third-order valence-corrected chi connectivity index (χ3v) is 4.14. The number of benzene rings is 2. The van der Waals surface area contributed by atoms with E-state index >= 15 is 0 Å². The molecule has 0 saturated carbocycles. The van der Waals surface area contributed by atoms with Gasteiger partial charge in [-0.1, -0.05) is 41.9 Å². The molecule has 3 rings (SSSR count). The minimum absolute atomic E-state index is 0.136. The highest BCUT2D eigenvalue weighted by molar-refractivity contribution is 6.33. The molecule has 2 aromatic carbocycles. The van der Waals surface area contributed by atoms with Crippen molar-refractivity contribution in [3.63, 3.8) is 0 Å². The zero-order chi connectivity index (χ0) is 15.5. The van der Waals surface area contributed by atoms with Crippen LogP contribution in [-0.2, 0) is 6.42 Å². The van der Waals surface area contributed by atoms with Gasteiger partial charge < -0.3 is 10.3 Å². The number of hydrogen-bond acceptors (Lipinski definition) is 1. The summed E-state index contributed by atoms with van der Waals surface area (Å²) >= 11 is 6.04.